The standard InChI is InChI=1S/C13H15BrFNO/c14-13(15)9-11-1-3-12(4-2-11)10-16-5-7-17-8-6-16/h1-4,9H,5-8,10H2. The second-order valence-electron chi connectivity index (χ2n) is 4.06. The third kappa shape index (κ3) is 4.22. The van der Waals surface area contributed by atoms with E-state index in [1.54, 1.807) is 0 Å². The van der Waals surface area contributed by atoms with Gasteiger partial charge in [-0.3, -0.25) is 4.90 Å². The van der Waals surface area contributed by atoms with Crippen molar-refractivity contribution in [2.75, 3.05) is 26.3 Å². The minimum atomic E-state index is -0.349. The zero-order valence-electron chi connectivity index (χ0n) is 9.53. The lowest BCUT2D eigenvalue weighted by atomic mass is 10.1. The van der Waals surface area contributed by atoms with Gasteiger partial charge in [-0.05, 0) is 33.1 Å². The van der Waals surface area contributed by atoms with Crippen molar-refractivity contribution in [3.05, 3.63) is 40.1 Å². The number of rotatable bonds is 3. The molecule has 0 bridgehead atoms. The second kappa shape index (κ2) is 6.28. The summed E-state index contributed by atoms with van der Waals surface area (Å²) < 4.78 is 17.6. The van der Waals surface area contributed by atoms with E-state index in [1.807, 2.05) is 24.3 Å². The summed E-state index contributed by atoms with van der Waals surface area (Å²) in [5.74, 6) is 0. The molecule has 0 aromatic heterocycles. The molecule has 0 N–H and O–H groups in total. The molecule has 2 nitrogen and oxygen atoms in total. The highest BCUT2D eigenvalue weighted by Gasteiger charge is 2.10. The Morgan fingerprint density at radius 2 is 1.94 bits per heavy atom. The van der Waals surface area contributed by atoms with Crippen LogP contribution in [0.1, 0.15) is 11.1 Å². The molecule has 1 saturated heterocycles. The monoisotopic (exact) mass is 299 g/mol. The van der Waals surface area contributed by atoms with Gasteiger partial charge in [-0.1, -0.05) is 24.3 Å². The molecule has 0 saturated carbocycles. The van der Waals surface area contributed by atoms with Crippen LogP contribution in [0.15, 0.2) is 29.0 Å². The van der Waals surface area contributed by atoms with E-state index < -0.39 is 0 Å². The zero-order valence-corrected chi connectivity index (χ0v) is 11.1. The van der Waals surface area contributed by atoms with Crippen LogP contribution < -0.4 is 0 Å². The van der Waals surface area contributed by atoms with Crippen LogP contribution in [-0.4, -0.2) is 31.2 Å². The molecule has 0 amide bonds. The second-order valence-corrected chi connectivity index (χ2v) is 4.82. The number of halogens is 2. The maximum Gasteiger partial charge on any atom is 0.166 e. The van der Waals surface area contributed by atoms with Crippen LogP contribution in [0, 0.1) is 0 Å². The molecule has 17 heavy (non-hydrogen) atoms. The molecule has 2 rings (SSSR count). The van der Waals surface area contributed by atoms with Crippen LogP contribution in [0.4, 0.5) is 4.39 Å². The van der Waals surface area contributed by atoms with Crippen molar-refractivity contribution >= 4 is 22.0 Å². The molecule has 1 aromatic rings. The molecule has 4 heteroatoms. The Bertz CT molecular complexity index is 381. The number of hydrogen-bond acceptors (Lipinski definition) is 2. The lowest BCUT2D eigenvalue weighted by molar-refractivity contribution is 0.0342. The van der Waals surface area contributed by atoms with Gasteiger partial charge in [0.1, 0.15) is 0 Å². The Hall–Kier alpha value is -0.710. The topological polar surface area (TPSA) is 12.5 Å². The smallest absolute Gasteiger partial charge is 0.166 e. The molecule has 0 aliphatic carbocycles. The maximum absolute atomic E-state index is 12.6. The van der Waals surface area contributed by atoms with Gasteiger partial charge in [-0.15, -0.1) is 0 Å². The Morgan fingerprint density at radius 3 is 2.53 bits per heavy atom. The molecular formula is C13H15BrFNO. The summed E-state index contributed by atoms with van der Waals surface area (Å²) in [5, 5.41) is 0. The van der Waals surface area contributed by atoms with Gasteiger partial charge in [-0.25, -0.2) is 0 Å². The van der Waals surface area contributed by atoms with Crippen LogP contribution in [0.25, 0.3) is 6.08 Å². The average molecular weight is 300 g/mol. The van der Waals surface area contributed by atoms with Crippen LogP contribution in [0.3, 0.4) is 0 Å². The molecule has 0 atom stereocenters. The Kier molecular flexibility index (Phi) is 4.71. The fraction of sp³-hybridized carbons (Fsp3) is 0.385. The van der Waals surface area contributed by atoms with Crippen molar-refractivity contribution < 1.29 is 9.13 Å². The van der Waals surface area contributed by atoms with Gasteiger partial charge in [0.15, 0.2) is 4.74 Å². The van der Waals surface area contributed by atoms with Crippen LogP contribution >= 0.6 is 15.9 Å². The predicted octanol–water partition coefficient (Wildman–Crippen LogP) is 3.18. The minimum Gasteiger partial charge on any atom is -0.379 e. The van der Waals surface area contributed by atoms with Gasteiger partial charge in [0.2, 0.25) is 0 Å². The van der Waals surface area contributed by atoms with E-state index in [1.165, 1.54) is 11.6 Å². The first-order valence-electron chi connectivity index (χ1n) is 5.66. The van der Waals surface area contributed by atoms with E-state index in [0.717, 1.165) is 38.4 Å². The summed E-state index contributed by atoms with van der Waals surface area (Å²) in [6, 6.07) is 7.93. The van der Waals surface area contributed by atoms with Crippen molar-refractivity contribution in [2.45, 2.75) is 6.54 Å². The van der Waals surface area contributed by atoms with Crippen molar-refractivity contribution in [1.82, 2.24) is 4.90 Å². The van der Waals surface area contributed by atoms with Crippen LogP contribution in [0.5, 0.6) is 0 Å². The summed E-state index contributed by atoms with van der Waals surface area (Å²) in [6.07, 6.45) is 1.46. The third-order valence-corrected chi connectivity index (χ3v) is 2.99. The van der Waals surface area contributed by atoms with E-state index >= 15 is 0 Å². The molecule has 0 spiro atoms. The Labute approximate surface area is 109 Å². The zero-order chi connectivity index (χ0) is 12.1. The van der Waals surface area contributed by atoms with Gasteiger partial charge in [-0.2, -0.15) is 4.39 Å². The molecule has 0 radical (unpaired) electrons. The average Bonchev–Trinajstić information content (AvgIpc) is 2.32. The largest absolute Gasteiger partial charge is 0.379 e. The van der Waals surface area contributed by atoms with Gasteiger partial charge in [0.05, 0.1) is 13.2 Å². The molecule has 0 unspecified atom stereocenters. The highest BCUT2D eigenvalue weighted by Crippen LogP contribution is 2.15. The lowest BCUT2D eigenvalue weighted by Gasteiger charge is -2.26. The number of nitrogens with zero attached hydrogens (tertiary/aromatic N) is 1. The van der Waals surface area contributed by atoms with Crippen LogP contribution in [-0.2, 0) is 11.3 Å². The fourth-order valence-corrected chi connectivity index (χ4v) is 2.13. The van der Waals surface area contributed by atoms with Gasteiger partial charge >= 0.3 is 0 Å². The number of benzene rings is 1. The molecule has 1 aliphatic rings. The molecule has 92 valence electrons. The minimum absolute atomic E-state index is 0.349. The fourth-order valence-electron chi connectivity index (χ4n) is 1.86. The first kappa shape index (κ1) is 12.7. The molecule has 1 aromatic carbocycles. The number of morpholine rings is 1. The molecule has 1 heterocycles. The highest BCUT2D eigenvalue weighted by molar-refractivity contribution is 9.11. The first-order valence-corrected chi connectivity index (χ1v) is 6.45. The normalized spacial score (nSPS) is 18.4. The molecule has 1 aliphatic heterocycles. The van der Waals surface area contributed by atoms with Gasteiger partial charge in [0, 0.05) is 19.6 Å². The summed E-state index contributed by atoms with van der Waals surface area (Å²) in [5.41, 5.74) is 2.11. The Balaban J connectivity index is 1.95. The summed E-state index contributed by atoms with van der Waals surface area (Å²) >= 11 is 2.78. The van der Waals surface area contributed by atoms with E-state index in [-0.39, 0.29) is 4.74 Å². The first-order chi connectivity index (χ1) is 8.24. The molecule has 1 fully saturated rings. The Morgan fingerprint density at radius 1 is 1.29 bits per heavy atom. The summed E-state index contributed by atoms with van der Waals surface area (Å²) in [4.78, 5) is 2.36. The summed E-state index contributed by atoms with van der Waals surface area (Å²) in [7, 11) is 0. The van der Waals surface area contributed by atoms with Crippen molar-refractivity contribution in [2.24, 2.45) is 0 Å². The van der Waals surface area contributed by atoms with Gasteiger partial charge < -0.3 is 4.74 Å². The van der Waals surface area contributed by atoms with Gasteiger partial charge in [0.25, 0.3) is 0 Å². The third-order valence-electron chi connectivity index (χ3n) is 2.77. The quantitative estimate of drug-likeness (QED) is 0.850. The van der Waals surface area contributed by atoms with E-state index in [9.17, 15) is 4.39 Å². The summed E-state index contributed by atoms with van der Waals surface area (Å²) in [6.45, 7) is 4.53. The van der Waals surface area contributed by atoms with Crippen molar-refractivity contribution in [3.8, 4) is 0 Å². The van der Waals surface area contributed by atoms with E-state index in [0.29, 0.717) is 0 Å². The van der Waals surface area contributed by atoms with Crippen molar-refractivity contribution in [1.29, 1.82) is 0 Å². The van der Waals surface area contributed by atoms with Crippen molar-refractivity contribution in [3.63, 3.8) is 0 Å². The molecular weight excluding hydrogens is 285 g/mol. The van der Waals surface area contributed by atoms with E-state index in [2.05, 4.69) is 20.8 Å². The van der Waals surface area contributed by atoms with E-state index in [4.69, 9.17) is 4.74 Å². The number of ether oxygens (including phenoxy) is 1. The predicted molar refractivity (Wildman–Crippen MR) is 70.6 cm³/mol. The lowest BCUT2D eigenvalue weighted by Crippen LogP contribution is -2.35. The maximum atomic E-state index is 12.6. The number of hydrogen-bond donors (Lipinski definition) is 0. The van der Waals surface area contributed by atoms with Crippen LogP contribution in [0.2, 0.25) is 0 Å². The highest BCUT2D eigenvalue weighted by atomic mass is 79.9. The SMILES string of the molecule is FC(Br)=Cc1ccc(CN2CCOCC2)cc1.